The number of rotatable bonds is 4. The summed E-state index contributed by atoms with van der Waals surface area (Å²) in [5, 5.41) is 0. The Hall–Kier alpha value is -1.06. The van der Waals surface area contributed by atoms with E-state index in [4.69, 9.17) is 10.5 Å². The molecule has 0 radical (unpaired) electrons. The van der Waals surface area contributed by atoms with Crippen LogP contribution in [-0.2, 0) is 4.74 Å². The molecule has 0 spiro atoms. The smallest absolute Gasteiger partial charge is 0.0746 e. The summed E-state index contributed by atoms with van der Waals surface area (Å²) < 4.78 is 5.50. The Kier molecular flexibility index (Phi) is 4.61. The highest BCUT2D eigenvalue weighted by molar-refractivity contribution is 5.55. The molecule has 1 aliphatic rings. The normalized spacial score (nSPS) is 21.9. The number of hydrogen-bond donors (Lipinski definition) is 1. The number of methoxy groups -OCH3 is 1. The van der Waals surface area contributed by atoms with Crippen molar-refractivity contribution in [2.24, 2.45) is 5.73 Å². The molecule has 1 aromatic carbocycles. The lowest BCUT2D eigenvalue weighted by Crippen LogP contribution is -2.40. The van der Waals surface area contributed by atoms with E-state index in [0.29, 0.717) is 6.10 Å². The molecular formula is C15H24N2O. The van der Waals surface area contributed by atoms with Crippen LogP contribution >= 0.6 is 0 Å². The molecule has 0 amide bonds. The Bertz CT molecular complexity index is 381. The summed E-state index contributed by atoms with van der Waals surface area (Å²) in [6.45, 7) is 4.22. The van der Waals surface area contributed by atoms with Gasteiger partial charge in [0.2, 0.25) is 0 Å². The van der Waals surface area contributed by atoms with Crippen molar-refractivity contribution in [2.75, 3.05) is 25.1 Å². The lowest BCUT2D eigenvalue weighted by Gasteiger charge is -2.35. The van der Waals surface area contributed by atoms with E-state index in [2.05, 4.69) is 36.1 Å². The topological polar surface area (TPSA) is 38.5 Å². The first-order valence-corrected chi connectivity index (χ1v) is 6.88. The maximum Gasteiger partial charge on any atom is 0.0746 e. The molecule has 0 bridgehead atoms. The van der Waals surface area contributed by atoms with E-state index in [1.165, 1.54) is 17.7 Å². The summed E-state index contributed by atoms with van der Waals surface area (Å²) in [7, 11) is 1.80. The zero-order chi connectivity index (χ0) is 13.0. The van der Waals surface area contributed by atoms with Gasteiger partial charge in [-0.15, -0.1) is 0 Å². The number of ether oxygens (including phenoxy) is 1. The van der Waals surface area contributed by atoms with Crippen LogP contribution < -0.4 is 10.6 Å². The van der Waals surface area contributed by atoms with Crippen LogP contribution in [0.25, 0.3) is 0 Å². The molecule has 1 heterocycles. The summed E-state index contributed by atoms with van der Waals surface area (Å²) in [5.74, 6) is 0. The van der Waals surface area contributed by atoms with E-state index in [0.717, 1.165) is 25.9 Å². The number of anilines is 1. The number of nitrogens with two attached hydrogens (primary N) is 1. The average molecular weight is 248 g/mol. The molecule has 1 aromatic rings. The SMILES string of the molecule is CCC(N)c1ccccc1N1CCCC(OC)C1. The van der Waals surface area contributed by atoms with Gasteiger partial charge in [0.05, 0.1) is 6.10 Å². The number of nitrogens with zero attached hydrogens (tertiary/aromatic N) is 1. The minimum absolute atomic E-state index is 0.129. The minimum atomic E-state index is 0.129. The fraction of sp³-hybridized carbons (Fsp3) is 0.600. The first kappa shape index (κ1) is 13.4. The number of piperidine rings is 1. The van der Waals surface area contributed by atoms with E-state index in [-0.39, 0.29) is 6.04 Å². The number of benzene rings is 1. The van der Waals surface area contributed by atoms with Gasteiger partial charge in [-0.25, -0.2) is 0 Å². The minimum Gasteiger partial charge on any atom is -0.380 e. The maximum atomic E-state index is 6.21. The third-order valence-corrected chi connectivity index (χ3v) is 3.83. The van der Waals surface area contributed by atoms with Crippen molar-refractivity contribution in [3.05, 3.63) is 29.8 Å². The van der Waals surface area contributed by atoms with Crippen molar-refractivity contribution in [2.45, 2.75) is 38.3 Å². The molecule has 0 aliphatic carbocycles. The molecule has 2 unspecified atom stereocenters. The molecule has 2 N–H and O–H groups in total. The lowest BCUT2D eigenvalue weighted by atomic mass is 10.00. The van der Waals surface area contributed by atoms with Crippen molar-refractivity contribution in [1.29, 1.82) is 0 Å². The van der Waals surface area contributed by atoms with Gasteiger partial charge in [0, 0.05) is 31.9 Å². The molecule has 1 fully saturated rings. The van der Waals surface area contributed by atoms with E-state index in [1.54, 1.807) is 7.11 Å². The molecule has 3 nitrogen and oxygen atoms in total. The summed E-state index contributed by atoms with van der Waals surface area (Å²) in [6.07, 6.45) is 3.67. The van der Waals surface area contributed by atoms with Gasteiger partial charge in [0.25, 0.3) is 0 Å². The third-order valence-electron chi connectivity index (χ3n) is 3.83. The van der Waals surface area contributed by atoms with E-state index < -0.39 is 0 Å². The van der Waals surface area contributed by atoms with Crippen LogP contribution in [0.15, 0.2) is 24.3 Å². The molecule has 100 valence electrons. The van der Waals surface area contributed by atoms with Crippen molar-refractivity contribution in [3.63, 3.8) is 0 Å². The molecule has 1 aliphatic heterocycles. The average Bonchev–Trinajstić information content (AvgIpc) is 2.46. The van der Waals surface area contributed by atoms with Gasteiger partial charge in [0.15, 0.2) is 0 Å². The Morgan fingerprint density at radius 2 is 2.22 bits per heavy atom. The lowest BCUT2D eigenvalue weighted by molar-refractivity contribution is 0.0893. The Morgan fingerprint density at radius 1 is 1.44 bits per heavy atom. The van der Waals surface area contributed by atoms with Gasteiger partial charge in [-0.05, 0) is 30.9 Å². The Morgan fingerprint density at radius 3 is 2.94 bits per heavy atom. The second-order valence-corrected chi connectivity index (χ2v) is 5.02. The number of hydrogen-bond acceptors (Lipinski definition) is 3. The number of para-hydroxylation sites is 1. The summed E-state index contributed by atoms with van der Waals surface area (Å²) in [4.78, 5) is 2.42. The van der Waals surface area contributed by atoms with Crippen LogP contribution in [0, 0.1) is 0 Å². The van der Waals surface area contributed by atoms with Crippen LogP contribution in [0.4, 0.5) is 5.69 Å². The highest BCUT2D eigenvalue weighted by atomic mass is 16.5. The van der Waals surface area contributed by atoms with Crippen LogP contribution in [0.5, 0.6) is 0 Å². The zero-order valence-corrected chi connectivity index (χ0v) is 11.4. The quantitative estimate of drug-likeness (QED) is 0.890. The third kappa shape index (κ3) is 2.85. The van der Waals surface area contributed by atoms with Crippen molar-refractivity contribution in [3.8, 4) is 0 Å². The van der Waals surface area contributed by atoms with Gasteiger partial charge in [0.1, 0.15) is 0 Å². The second-order valence-electron chi connectivity index (χ2n) is 5.02. The van der Waals surface area contributed by atoms with Gasteiger partial charge >= 0.3 is 0 Å². The van der Waals surface area contributed by atoms with Crippen LogP contribution in [0.2, 0.25) is 0 Å². The van der Waals surface area contributed by atoms with Gasteiger partial charge in [-0.2, -0.15) is 0 Å². The Balaban J connectivity index is 2.21. The molecule has 2 atom stereocenters. The molecule has 1 saturated heterocycles. The Labute approximate surface area is 110 Å². The standard InChI is InChI=1S/C15H24N2O/c1-3-14(16)13-8-4-5-9-15(13)17-10-6-7-12(11-17)18-2/h4-5,8-9,12,14H,3,6-7,10-11,16H2,1-2H3. The molecule has 2 rings (SSSR count). The molecule has 0 saturated carbocycles. The van der Waals surface area contributed by atoms with Crippen LogP contribution in [0.1, 0.15) is 37.8 Å². The largest absolute Gasteiger partial charge is 0.380 e. The predicted octanol–water partition coefficient (Wildman–Crippen LogP) is 2.71. The highest BCUT2D eigenvalue weighted by Gasteiger charge is 2.22. The first-order chi connectivity index (χ1) is 8.76. The van der Waals surface area contributed by atoms with Crippen molar-refractivity contribution in [1.82, 2.24) is 0 Å². The van der Waals surface area contributed by atoms with E-state index in [9.17, 15) is 0 Å². The molecule has 0 aromatic heterocycles. The predicted molar refractivity (Wildman–Crippen MR) is 75.9 cm³/mol. The summed E-state index contributed by atoms with van der Waals surface area (Å²) in [5.41, 5.74) is 8.76. The van der Waals surface area contributed by atoms with Gasteiger partial charge in [-0.3, -0.25) is 0 Å². The fourth-order valence-corrected chi connectivity index (χ4v) is 2.66. The van der Waals surface area contributed by atoms with Crippen molar-refractivity contribution < 1.29 is 4.74 Å². The highest BCUT2D eigenvalue weighted by Crippen LogP contribution is 2.29. The maximum absolute atomic E-state index is 6.21. The monoisotopic (exact) mass is 248 g/mol. The van der Waals surface area contributed by atoms with Crippen molar-refractivity contribution >= 4 is 5.69 Å². The van der Waals surface area contributed by atoms with Crippen LogP contribution in [0.3, 0.4) is 0 Å². The zero-order valence-electron chi connectivity index (χ0n) is 11.4. The van der Waals surface area contributed by atoms with E-state index in [1.807, 2.05) is 0 Å². The van der Waals surface area contributed by atoms with Gasteiger partial charge < -0.3 is 15.4 Å². The van der Waals surface area contributed by atoms with Crippen LogP contribution in [-0.4, -0.2) is 26.3 Å². The summed E-state index contributed by atoms with van der Waals surface area (Å²) >= 11 is 0. The first-order valence-electron chi connectivity index (χ1n) is 6.88. The molecule has 18 heavy (non-hydrogen) atoms. The molecular weight excluding hydrogens is 224 g/mol. The molecule has 3 heteroatoms. The van der Waals surface area contributed by atoms with E-state index >= 15 is 0 Å². The fourth-order valence-electron chi connectivity index (χ4n) is 2.66. The van der Waals surface area contributed by atoms with Gasteiger partial charge in [-0.1, -0.05) is 25.1 Å². The second kappa shape index (κ2) is 6.21. The summed E-state index contributed by atoms with van der Waals surface area (Å²) in [6, 6.07) is 8.64.